The lowest BCUT2D eigenvalue weighted by Gasteiger charge is -2.38. The fourth-order valence-electron chi connectivity index (χ4n) is 3.04. The predicted molar refractivity (Wildman–Crippen MR) is 72.6 cm³/mol. The molecule has 0 radical (unpaired) electrons. The quantitative estimate of drug-likeness (QED) is 0.825. The van der Waals surface area contributed by atoms with Gasteiger partial charge >= 0.3 is 0 Å². The molecule has 2 aliphatic heterocycles. The average Bonchev–Trinajstić information content (AvgIpc) is 2.83. The fourth-order valence-corrected chi connectivity index (χ4v) is 5.12. The highest BCUT2D eigenvalue weighted by molar-refractivity contribution is 7.86. The monoisotopic (exact) mass is 275 g/mol. The number of nitrogens with one attached hydrogen (secondary N) is 1. The number of likely N-dealkylation sites (N-methyl/N-ethyl adjacent to an activating group) is 1. The molecule has 2 atom stereocenters. The van der Waals surface area contributed by atoms with E-state index in [9.17, 15) is 8.42 Å². The molecule has 0 aromatic carbocycles. The Morgan fingerprint density at radius 2 is 2.11 bits per heavy atom. The highest BCUT2D eigenvalue weighted by Gasteiger charge is 2.38. The molecule has 2 saturated heterocycles. The van der Waals surface area contributed by atoms with E-state index < -0.39 is 10.2 Å². The van der Waals surface area contributed by atoms with E-state index in [1.54, 1.807) is 8.61 Å². The van der Waals surface area contributed by atoms with E-state index in [0.717, 1.165) is 38.8 Å². The van der Waals surface area contributed by atoms with Crippen LogP contribution in [0.25, 0.3) is 0 Å². The van der Waals surface area contributed by atoms with Crippen molar-refractivity contribution in [2.24, 2.45) is 0 Å². The van der Waals surface area contributed by atoms with Crippen LogP contribution in [0.3, 0.4) is 0 Å². The van der Waals surface area contributed by atoms with Crippen LogP contribution < -0.4 is 5.32 Å². The third-order valence-electron chi connectivity index (χ3n) is 4.09. The molecule has 2 aliphatic rings. The zero-order chi connectivity index (χ0) is 13.2. The van der Waals surface area contributed by atoms with Crippen molar-refractivity contribution in [3.8, 4) is 0 Å². The first-order valence-electron chi connectivity index (χ1n) is 7.06. The van der Waals surface area contributed by atoms with Gasteiger partial charge in [0.2, 0.25) is 0 Å². The van der Waals surface area contributed by atoms with Crippen molar-refractivity contribution < 1.29 is 8.42 Å². The van der Waals surface area contributed by atoms with Gasteiger partial charge in [0, 0.05) is 31.7 Å². The van der Waals surface area contributed by atoms with Crippen LogP contribution in [0.2, 0.25) is 0 Å². The first-order valence-corrected chi connectivity index (χ1v) is 8.46. The first kappa shape index (κ1) is 14.2. The van der Waals surface area contributed by atoms with Gasteiger partial charge in [0.05, 0.1) is 0 Å². The maximum Gasteiger partial charge on any atom is 0.282 e. The molecule has 2 fully saturated rings. The average molecular weight is 275 g/mol. The van der Waals surface area contributed by atoms with Gasteiger partial charge in [-0.15, -0.1) is 0 Å². The molecule has 5 nitrogen and oxygen atoms in total. The molecule has 6 heteroatoms. The zero-order valence-electron chi connectivity index (χ0n) is 11.4. The van der Waals surface area contributed by atoms with Gasteiger partial charge in [-0.25, -0.2) is 0 Å². The molecular weight excluding hydrogens is 250 g/mol. The van der Waals surface area contributed by atoms with Crippen LogP contribution in [0.15, 0.2) is 0 Å². The molecule has 0 aromatic heterocycles. The molecule has 2 heterocycles. The van der Waals surface area contributed by atoms with Gasteiger partial charge in [0.25, 0.3) is 10.2 Å². The van der Waals surface area contributed by atoms with Gasteiger partial charge < -0.3 is 5.32 Å². The van der Waals surface area contributed by atoms with Crippen molar-refractivity contribution >= 4 is 10.2 Å². The zero-order valence-corrected chi connectivity index (χ0v) is 12.2. The summed E-state index contributed by atoms with van der Waals surface area (Å²) in [4.78, 5) is 0. The number of piperidine rings is 1. The van der Waals surface area contributed by atoms with E-state index in [4.69, 9.17) is 0 Å². The Morgan fingerprint density at radius 1 is 1.33 bits per heavy atom. The van der Waals surface area contributed by atoms with Crippen LogP contribution in [-0.4, -0.2) is 55.3 Å². The summed E-state index contributed by atoms with van der Waals surface area (Å²) >= 11 is 0. The molecule has 0 spiro atoms. The third-order valence-corrected chi connectivity index (χ3v) is 6.37. The van der Waals surface area contributed by atoms with Crippen LogP contribution >= 0.6 is 0 Å². The minimum Gasteiger partial charge on any atom is -0.315 e. The summed E-state index contributed by atoms with van der Waals surface area (Å²) in [6.45, 7) is 6.92. The highest BCUT2D eigenvalue weighted by atomic mass is 32.2. The van der Waals surface area contributed by atoms with E-state index in [1.807, 2.05) is 13.8 Å². The Balaban J connectivity index is 2.16. The van der Waals surface area contributed by atoms with Gasteiger partial charge in [0.15, 0.2) is 0 Å². The normalized spacial score (nSPS) is 31.1. The topological polar surface area (TPSA) is 52.7 Å². The Bertz CT molecular complexity index is 366. The Labute approximate surface area is 111 Å². The minimum absolute atomic E-state index is 0.133. The lowest BCUT2D eigenvalue weighted by molar-refractivity contribution is 0.233. The van der Waals surface area contributed by atoms with Crippen molar-refractivity contribution in [1.82, 2.24) is 13.9 Å². The molecule has 0 aliphatic carbocycles. The van der Waals surface area contributed by atoms with E-state index in [2.05, 4.69) is 5.32 Å². The predicted octanol–water partition coefficient (Wildman–Crippen LogP) is 0.789. The van der Waals surface area contributed by atoms with E-state index in [0.29, 0.717) is 13.1 Å². The van der Waals surface area contributed by atoms with Gasteiger partial charge in [-0.2, -0.15) is 17.0 Å². The van der Waals surface area contributed by atoms with Crippen LogP contribution in [0.5, 0.6) is 0 Å². The summed E-state index contributed by atoms with van der Waals surface area (Å²) in [6.07, 6.45) is 4.04. The number of hydrogen-bond acceptors (Lipinski definition) is 3. The standard InChI is InChI=1S/C12H25N3O2S/c1-3-14(12-7-8-13-10-12)18(16,17)15-9-5-4-6-11(15)2/h11-13H,3-10H2,1-2H3. The van der Waals surface area contributed by atoms with Crippen molar-refractivity contribution in [3.05, 3.63) is 0 Å². The van der Waals surface area contributed by atoms with Crippen LogP contribution in [0.1, 0.15) is 39.5 Å². The summed E-state index contributed by atoms with van der Waals surface area (Å²) in [7, 11) is -3.28. The second kappa shape index (κ2) is 5.86. The van der Waals surface area contributed by atoms with E-state index >= 15 is 0 Å². The number of nitrogens with zero attached hydrogens (tertiary/aromatic N) is 2. The smallest absolute Gasteiger partial charge is 0.282 e. The first-order chi connectivity index (χ1) is 8.57. The minimum atomic E-state index is -3.28. The second-order valence-electron chi connectivity index (χ2n) is 5.31. The van der Waals surface area contributed by atoms with Crippen molar-refractivity contribution in [1.29, 1.82) is 0 Å². The molecule has 106 valence electrons. The molecule has 0 bridgehead atoms. The Hall–Kier alpha value is -0.170. The molecule has 0 amide bonds. The molecule has 0 saturated carbocycles. The maximum atomic E-state index is 12.7. The van der Waals surface area contributed by atoms with Gasteiger partial charge in [-0.3, -0.25) is 0 Å². The maximum absolute atomic E-state index is 12.7. The van der Waals surface area contributed by atoms with Crippen molar-refractivity contribution in [3.63, 3.8) is 0 Å². The van der Waals surface area contributed by atoms with Crippen LogP contribution in [0.4, 0.5) is 0 Å². The van der Waals surface area contributed by atoms with Crippen molar-refractivity contribution in [2.75, 3.05) is 26.2 Å². The van der Waals surface area contributed by atoms with Gasteiger partial charge in [0.1, 0.15) is 0 Å². The fraction of sp³-hybridized carbons (Fsp3) is 1.00. The molecule has 0 aromatic rings. The largest absolute Gasteiger partial charge is 0.315 e. The van der Waals surface area contributed by atoms with Gasteiger partial charge in [-0.1, -0.05) is 13.3 Å². The van der Waals surface area contributed by atoms with E-state index in [1.165, 1.54) is 0 Å². The summed E-state index contributed by atoms with van der Waals surface area (Å²) in [5, 5.41) is 3.25. The van der Waals surface area contributed by atoms with E-state index in [-0.39, 0.29) is 12.1 Å². The second-order valence-corrected chi connectivity index (χ2v) is 7.15. The third kappa shape index (κ3) is 2.71. The lowest BCUT2D eigenvalue weighted by Crippen LogP contribution is -2.53. The Morgan fingerprint density at radius 3 is 2.67 bits per heavy atom. The summed E-state index contributed by atoms with van der Waals surface area (Å²) in [6, 6.07) is 0.279. The molecule has 2 unspecified atom stereocenters. The summed E-state index contributed by atoms with van der Waals surface area (Å²) in [5.41, 5.74) is 0. The molecular formula is C12H25N3O2S. The van der Waals surface area contributed by atoms with Gasteiger partial charge in [-0.05, 0) is 32.7 Å². The van der Waals surface area contributed by atoms with Crippen LogP contribution in [-0.2, 0) is 10.2 Å². The SMILES string of the molecule is CCN(C1CCNC1)S(=O)(=O)N1CCCCC1C. The molecule has 18 heavy (non-hydrogen) atoms. The summed E-state index contributed by atoms with van der Waals surface area (Å²) < 4.78 is 28.9. The molecule has 1 N–H and O–H groups in total. The highest BCUT2D eigenvalue weighted by Crippen LogP contribution is 2.24. The number of hydrogen-bond donors (Lipinski definition) is 1. The number of rotatable bonds is 4. The lowest BCUT2D eigenvalue weighted by atomic mass is 10.1. The molecule has 2 rings (SSSR count). The summed E-state index contributed by atoms with van der Waals surface area (Å²) in [5.74, 6) is 0. The van der Waals surface area contributed by atoms with Crippen molar-refractivity contribution in [2.45, 2.75) is 51.6 Å². The van der Waals surface area contributed by atoms with Crippen LogP contribution in [0, 0.1) is 0 Å². The Kier molecular flexibility index (Phi) is 4.64.